The molecule has 1 fully saturated rings. The van der Waals surface area contributed by atoms with Crippen LogP contribution in [-0.4, -0.2) is 23.7 Å². The van der Waals surface area contributed by atoms with Crippen LogP contribution in [0.4, 0.5) is 10.5 Å². The predicted molar refractivity (Wildman–Crippen MR) is 80.1 cm³/mol. The summed E-state index contributed by atoms with van der Waals surface area (Å²) in [5, 5.41) is 14.3. The fraction of sp³-hybridized carbons (Fsp3) is 0.429. The van der Waals surface area contributed by atoms with E-state index in [0.717, 1.165) is 12.3 Å². The van der Waals surface area contributed by atoms with Gasteiger partial charge in [-0.1, -0.05) is 12.8 Å². The van der Waals surface area contributed by atoms with E-state index in [2.05, 4.69) is 26.6 Å². The highest BCUT2D eigenvalue weighted by Gasteiger charge is 2.20. The molecule has 108 valence electrons. The first kappa shape index (κ1) is 14.8. The van der Waals surface area contributed by atoms with Gasteiger partial charge in [0.25, 0.3) is 0 Å². The Labute approximate surface area is 125 Å². The molecule has 0 heterocycles. The van der Waals surface area contributed by atoms with Crippen molar-refractivity contribution in [3.05, 3.63) is 28.2 Å². The largest absolute Gasteiger partial charge is 0.478 e. The molecule has 0 aromatic heterocycles. The number of carbonyl (C=O) groups is 2. The van der Waals surface area contributed by atoms with Crippen molar-refractivity contribution in [2.24, 2.45) is 5.92 Å². The van der Waals surface area contributed by atoms with Gasteiger partial charge >= 0.3 is 12.0 Å². The second-order valence-electron chi connectivity index (χ2n) is 4.97. The van der Waals surface area contributed by atoms with Gasteiger partial charge in [0.05, 0.1) is 11.3 Å². The number of hydrogen-bond acceptors (Lipinski definition) is 2. The predicted octanol–water partition coefficient (Wildman–Crippen LogP) is 3.46. The van der Waals surface area contributed by atoms with E-state index in [1.807, 2.05) is 0 Å². The summed E-state index contributed by atoms with van der Waals surface area (Å²) in [6.07, 6.45) is 4.79. The van der Waals surface area contributed by atoms with Crippen LogP contribution in [-0.2, 0) is 0 Å². The first-order valence-corrected chi connectivity index (χ1v) is 7.43. The van der Waals surface area contributed by atoms with Crippen LogP contribution in [0, 0.1) is 5.92 Å². The molecule has 1 aromatic rings. The van der Waals surface area contributed by atoms with Crippen molar-refractivity contribution in [3.8, 4) is 0 Å². The molecule has 1 aliphatic rings. The molecule has 2 amide bonds. The van der Waals surface area contributed by atoms with E-state index in [4.69, 9.17) is 5.11 Å². The van der Waals surface area contributed by atoms with Gasteiger partial charge in [0, 0.05) is 11.0 Å². The molecule has 1 aliphatic carbocycles. The Balaban J connectivity index is 1.82. The molecule has 0 spiro atoms. The van der Waals surface area contributed by atoms with Crippen molar-refractivity contribution >= 4 is 33.6 Å². The highest BCUT2D eigenvalue weighted by molar-refractivity contribution is 9.10. The maximum absolute atomic E-state index is 11.7. The Bertz CT molecular complexity index is 515. The number of urea groups is 1. The van der Waals surface area contributed by atoms with Gasteiger partial charge < -0.3 is 15.7 Å². The fourth-order valence-corrected chi connectivity index (χ4v) is 2.27. The van der Waals surface area contributed by atoms with E-state index in [-0.39, 0.29) is 11.6 Å². The SMILES string of the molecule is O=C(NCCCC1CC1)Nc1cc(C(=O)O)ccc1Br. The number of nitrogens with one attached hydrogen (secondary N) is 2. The average molecular weight is 341 g/mol. The van der Waals surface area contributed by atoms with Crippen molar-refractivity contribution in [2.45, 2.75) is 25.7 Å². The minimum atomic E-state index is -1.02. The molecular weight excluding hydrogens is 324 g/mol. The second-order valence-corrected chi connectivity index (χ2v) is 5.82. The van der Waals surface area contributed by atoms with E-state index >= 15 is 0 Å². The zero-order valence-corrected chi connectivity index (χ0v) is 12.6. The van der Waals surface area contributed by atoms with Crippen LogP contribution in [0.1, 0.15) is 36.0 Å². The maximum atomic E-state index is 11.7. The summed E-state index contributed by atoms with van der Waals surface area (Å²) in [6, 6.07) is 4.19. The van der Waals surface area contributed by atoms with Crippen molar-refractivity contribution in [1.82, 2.24) is 5.32 Å². The Morgan fingerprint density at radius 3 is 2.75 bits per heavy atom. The molecule has 3 N–H and O–H groups in total. The van der Waals surface area contributed by atoms with E-state index < -0.39 is 5.97 Å². The molecule has 0 saturated heterocycles. The number of carbonyl (C=O) groups excluding carboxylic acids is 1. The number of aromatic carboxylic acids is 1. The van der Waals surface area contributed by atoms with Gasteiger partial charge in [-0.05, 0) is 52.9 Å². The van der Waals surface area contributed by atoms with Gasteiger partial charge in [0.1, 0.15) is 0 Å². The summed E-state index contributed by atoms with van der Waals surface area (Å²) in [5.41, 5.74) is 0.585. The third-order valence-corrected chi connectivity index (χ3v) is 3.92. The van der Waals surface area contributed by atoms with Crippen molar-refractivity contribution < 1.29 is 14.7 Å². The van der Waals surface area contributed by atoms with Gasteiger partial charge in [-0.3, -0.25) is 0 Å². The van der Waals surface area contributed by atoms with Crippen LogP contribution in [0.2, 0.25) is 0 Å². The average Bonchev–Trinajstić information content (AvgIpc) is 3.21. The van der Waals surface area contributed by atoms with Crippen LogP contribution in [0.3, 0.4) is 0 Å². The number of benzene rings is 1. The Morgan fingerprint density at radius 1 is 1.35 bits per heavy atom. The van der Waals surface area contributed by atoms with E-state index in [1.54, 1.807) is 6.07 Å². The Kier molecular flexibility index (Phi) is 5.00. The Hall–Kier alpha value is -1.56. The maximum Gasteiger partial charge on any atom is 0.335 e. The molecule has 1 saturated carbocycles. The van der Waals surface area contributed by atoms with Crippen LogP contribution in [0.25, 0.3) is 0 Å². The summed E-state index contributed by atoms with van der Waals surface area (Å²) >= 11 is 3.28. The van der Waals surface area contributed by atoms with Gasteiger partial charge in [0.15, 0.2) is 0 Å². The number of anilines is 1. The fourth-order valence-electron chi connectivity index (χ4n) is 1.92. The zero-order valence-electron chi connectivity index (χ0n) is 11.0. The first-order chi connectivity index (χ1) is 9.56. The minimum Gasteiger partial charge on any atom is -0.478 e. The molecule has 0 radical (unpaired) electrons. The number of halogens is 1. The second kappa shape index (κ2) is 6.74. The lowest BCUT2D eigenvalue weighted by molar-refractivity contribution is 0.0697. The topological polar surface area (TPSA) is 78.4 Å². The molecular formula is C14H17BrN2O3. The lowest BCUT2D eigenvalue weighted by Crippen LogP contribution is -2.29. The van der Waals surface area contributed by atoms with Gasteiger partial charge in [0.2, 0.25) is 0 Å². The summed E-state index contributed by atoms with van der Waals surface area (Å²) in [4.78, 5) is 22.6. The molecule has 6 heteroatoms. The number of amides is 2. The molecule has 1 aromatic carbocycles. The monoisotopic (exact) mass is 340 g/mol. The molecule has 0 bridgehead atoms. The molecule has 0 aliphatic heterocycles. The summed E-state index contributed by atoms with van der Waals surface area (Å²) in [7, 11) is 0. The summed E-state index contributed by atoms with van der Waals surface area (Å²) in [6.45, 7) is 0.637. The van der Waals surface area contributed by atoms with E-state index in [9.17, 15) is 9.59 Å². The van der Waals surface area contributed by atoms with Gasteiger partial charge in [-0.25, -0.2) is 9.59 Å². The van der Waals surface area contributed by atoms with Crippen molar-refractivity contribution in [3.63, 3.8) is 0 Å². The summed E-state index contributed by atoms with van der Waals surface area (Å²) < 4.78 is 0.649. The summed E-state index contributed by atoms with van der Waals surface area (Å²) in [5.74, 6) is -0.161. The van der Waals surface area contributed by atoms with Crippen LogP contribution < -0.4 is 10.6 Å². The zero-order chi connectivity index (χ0) is 14.5. The molecule has 5 nitrogen and oxygen atoms in total. The number of carboxylic acids is 1. The molecule has 0 atom stereocenters. The highest BCUT2D eigenvalue weighted by Crippen LogP contribution is 2.33. The lowest BCUT2D eigenvalue weighted by atomic mass is 10.2. The van der Waals surface area contributed by atoms with Crippen molar-refractivity contribution in [1.29, 1.82) is 0 Å². The molecule has 20 heavy (non-hydrogen) atoms. The van der Waals surface area contributed by atoms with E-state index in [0.29, 0.717) is 16.7 Å². The third-order valence-electron chi connectivity index (χ3n) is 3.23. The smallest absolute Gasteiger partial charge is 0.335 e. The number of rotatable bonds is 6. The molecule has 0 unspecified atom stereocenters. The number of hydrogen-bond donors (Lipinski definition) is 3. The van der Waals surface area contributed by atoms with Gasteiger partial charge in [-0.15, -0.1) is 0 Å². The molecule has 2 rings (SSSR count). The first-order valence-electron chi connectivity index (χ1n) is 6.64. The lowest BCUT2D eigenvalue weighted by Gasteiger charge is -2.09. The van der Waals surface area contributed by atoms with Crippen LogP contribution in [0.15, 0.2) is 22.7 Å². The normalized spacial score (nSPS) is 13.8. The highest BCUT2D eigenvalue weighted by atomic mass is 79.9. The standard InChI is InChI=1S/C14H17BrN2O3/c15-11-6-5-10(13(18)19)8-12(11)17-14(20)16-7-1-2-9-3-4-9/h5-6,8-9H,1-4,7H2,(H,18,19)(H2,16,17,20). The van der Waals surface area contributed by atoms with Crippen LogP contribution >= 0.6 is 15.9 Å². The number of carboxylic acid groups (broad SMARTS) is 1. The van der Waals surface area contributed by atoms with Crippen LogP contribution in [0.5, 0.6) is 0 Å². The minimum absolute atomic E-state index is 0.136. The quantitative estimate of drug-likeness (QED) is 0.694. The van der Waals surface area contributed by atoms with Crippen molar-refractivity contribution in [2.75, 3.05) is 11.9 Å². The Morgan fingerprint density at radius 2 is 2.10 bits per heavy atom. The van der Waals surface area contributed by atoms with Gasteiger partial charge in [-0.2, -0.15) is 0 Å². The van der Waals surface area contributed by atoms with E-state index in [1.165, 1.54) is 31.4 Å². The third kappa shape index (κ3) is 4.52.